The number of nitrogens with two attached hydrogens (primary N) is 1. The van der Waals surface area contributed by atoms with E-state index >= 15 is 0 Å². The number of carbonyl (C=O) groups excluding carboxylic acids is 1. The number of anilines is 1. The number of benzene rings is 1. The maximum Gasteiger partial charge on any atom is 0.216 e. The van der Waals surface area contributed by atoms with Crippen LogP contribution in [-0.2, 0) is 4.79 Å². The van der Waals surface area contributed by atoms with Crippen LogP contribution in [0.15, 0.2) is 39.3 Å². The molecular weight excluding hydrogens is 362 g/mol. The lowest BCUT2D eigenvalue weighted by atomic mass is 9.96. The van der Waals surface area contributed by atoms with Gasteiger partial charge in [-0.15, -0.1) is 11.8 Å². The number of nitrogens with zero attached hydrogens (tertiary/aromatic N) is 3. The average Bonchev–Trinajstić information content (AvgIpc) is 2.63. The number of hydrogen-bond donors (Lipinski definition) is 3. The van der Waals surface area contributed by atoms with Gasteiger partial charge in [0.25, 0.3) is 0 Å². The van der Waals surface area contributed by atoms with E-state index < -0.39 is 0 Å². The summed E-state index contributed by atoms with van der Waals surface area (Å²) in [5, 5.41) is 13.1. The summed E-state index contributed by atoms with van der Waals surface area (Å²) in [4.78, 5) is 23.9. The molecule has 0 fully saturated rings. The minimum Gasteiger partial charge on any atom is -0.508 e. The minimum absolute atomic E-state index is 0.0716. The predicted molar refractivity (Wildman–Crippen MR) is 112 cm³/mol. The number of rotatable bonds is 7. The summed E-state index contributed by atoms with van der Waals surface area (Å²) in [7, 11) is 3.36. The Morgan fingerprint density at radius 3 is 2.44 bits per heavy atom. The number of phenols is 1. The molecule has 2 aromatic rings. The average molecular weight is 385 g/mol. The number of phenolic OH excluding ortho intramolecular Hbond substituents is 1. The van der Waals surface area contributed by atoms with E-state index in [1.54, 1.807) is 38.7 Å². The van der Waals surface area contributed by atoms with Crippen LogP contribution in [0.25, 0.3) is 11.1 Å². The van der Waals surface area contributed by atoms with Crippen molar-refractivity contribution in [1.82, 2.24) is 10.3 Å². The van der Waals surface area contributed by atoms with Gasteiger partial charge in [0, 0.05) is 62.4 Å². The zero-order chi connectivity index (χ0) is 19.8. The number of hydrogen-bond acceptors (Lipinski definition) is 7. The molecule has 0 aliphatic heterocycles. The van der Waals surface area contributed by atoms with Crippen LogP contribution in [0.1, 0.15) is 18.1 Å². The Hall–Kier alpha value is -2.87. The molecule has 0 bridgehead atoms. The molecule has 27 heavy (non-hydrogen) atoms. The molecule has 0 saturated carbocycles. The fraction of sp³-hybridized carbons (Fsp3) is 0.263. The van der Waals surface area contributed by atoms with Crippen LogP contribution >= 0.6 is 11.8 Å². The van der Waals surface area contributed by atoms with Crippen molar-refractivity contribution >= 4 is 35.9 Å². The third-order valence-corrected chi connectivity index (χ3v) is 4.65. The zero-order valence-electron chi connectivity index (χ0n) is 15.6. The minimum atomic E-state index is -0.0716. The molecule has 1 aromatic heterocycles. The monoisotopic (exact) mass is 385 g/mol. The highest BCUT2D eigenvalue weighted by atomic mass is 32.2. The molecule has 0 saturated heterocycles. The lowest BCUT2D eigenvalue weighted by Gasteiger charge is -2.16. The van der Waals surface area contributed by atoms with Crippen LogP contribution in [0.4, 0.5) is 5.82 Å². The first kappa shape index (κ1) is 20.4. The van der Waals surface area contributed by atoms with E-state index in [0.717, 1.165) is 21.7 Å². The summed E-state index contributed by atoms with van der Waals surface area (Å²) in [6.45, 7) is 2.01. The van der Waals surface area contributed by atoms with Crippen molar-refractivity contribution < 1.29 is 9.90 Å². The van der Waals surface area contributed by atoms with Crippen molar-refractivity contribution in [3.8, 4) is 16.9 Å². The molecule has 4 N–H and O–H groups in total. The van der Waals surface area contributed by atoms with E-state index in [2.05, 4.69) is 20.3 Å². The third-order valence-electron chi connectivity index (χ3n) is 3.65. The zero-order valence-corrected chi connectivity index (χ0v) is 16.4. The molecule has 1 heterocycles. The normalized spacial score (nSPS) is 11.4. The van der Waals surface area contributed by atoms with Gasteiger partial charge in [-0.2, -0.15) is 0 Å². The molecule has 1 amide bonds. The van der Waals surface area contributed by atoms with Gasteiger partial charge in [-0.25, -0.2) is 4.98 Å². The first-order valence-corrected chi connectivity index (χ1v) is 9.31. The van der Waals surface area contributed by atoms with Gasteiger partial charge in [0.05, 0.1) is 0 Å². The molecule has 0 aliphatic rings. The van der Waals surface area contributed by atoms with E-state index in [9.17, 15) is 9.90 Å². The number of aliphatic imine (C=N–C) groups is 2. The molecule has 2 rings (SSSR count). The highest BCUT2D eigenvalue weighted by molar-refractivity contribution is 7.99. The second-order valence-corrected chi connectivity index (χ2v) is 6.74. The SMILES string of the molecule is CN=Cc1c(N)nc(SCCNC(C)=O)c(C=NC)c1-c1ccc(O)cc1. The van der Waals surface area contributed by atoms with Gasteiger partial charge in [-0.1, -0.05) is 12.1 Å². The van der Waals surface area contributed by atoms with E-state index in [1.165, 1.54) is 18.7 Å². The van der Waals surface area contributed by atoms with Gasteiger partial charge in [0.2, 0.25) is 5.91 Å². The fourth-order valence-electron chi connectivity index (χ4n) is 2.54. The van der Waals surface area contributed by atoms with Gasteiger partial charge in [-0.3, -0.25) is 14.8 Å². The van der Waals surface area contributed by atoms with Gasteiger partial charge in [-0.05, 0) is 17.7 Å². The Morgan fingerprint density at radius 2 is 1.85 bits per heavy atom. The number of aromatic hydroxyl groups is 1. The topological polar surface area (TPSA) is 113 Å². The molecule has 142 valence electrons. The van der Waals surface area contributed by atoms with Crippen molar-refractivity contribution in [2.75, 3.05) is 32.1 Å². The van der Waals surface area contributed by atoms with Crippen LogP contribution in [0, 0.1) is 0 Å². The van der Waals surface area contributed by atoms with Crippen LogP contribution < -0.4 is 11.1 Å². The highest BCUT2D eigenvalue weighted by Crippen LogP contribution is 2.35. The molecule has 1 aromatic carbocycles. The Labute approximate surface area is 162 Å². The molecule has 0 atom stereocenters. The number of nitrogen functional groups attached to an aromatic ring is 1. The number of carbonyl (C=O) groups is 1. The predicted octanol–water partition coefficient (Wildman–Crippen LogP) is 2.36. The maximum atomic E-state index is 11.0. The molecule has 0 spiro atoms. The molecule has 7 nitrogen and oxygen atoms in total. The van der Waals surface area contributed by atoms with Gasteiger partial charge < -0.3 is 16.2 Å². The van der Waals surface area contributed by atoms with Crippen LogP contribution in [0.5, 0.6) is 5.75 Å². The number of pyridine rings is 1. The number of amides is 1. The number of nitrogens with one attached hydrogen (secondary N) is 1. The summed E-state index contributed by atoms with van der Waals surface area (Å²) in [5.74, 6) is 1.12. The van der Waals surface area contributed by atoms with Crippen molar-refractivity contribution in [3.63, 3.8) is 0 Å². The Morgan fingerprint density at radius 1 is 1.22 bits per heavy atom. The van der Waals surface area contributed by atoms with E-state index in [1.807, 2.05) is 12.1 Å². The van der Waals surface area contributed by atoms with E-state index in [-0.39, 0.29) is 11.7 Å². The van der Waals surface area contributed by atoms with Gasteiger partial charge >= 0.3 is 0 Å². The van der Waals surface area contributed by atoms with Crippen LogP contribution in [-0.4, -0.2) is 54.8 Å². The van der Waals surface area contributed by atoms with E-state index in [0.29, 0.717) is 23.7 Å². The smallest absolute Gasteiger partial charge is 0.216 e. The highest BCUT2D eigenvalue weighted by Gasteiger charge is 2.18. The lowest BCUT2D eigenvalue weighted by molar-refractivity contribution is -0.118. The quantitative estimate of drug-likeness (QED) is 0.385. The summed E-state index contributed by atoms with van der Waals surface area (Å²) < 4.78 is 0. The fourth-order valence-corrected chi connectivity index (χ4v) is 3.41. The van der Waals surface area contributed by atoms with Crippen molar-refractivity contribution in [2.45, 2.75) is 11.9 Å². The Balaban J connectivity index is 2.58. The summed E-state index contributed by atoms with van der Waals surface area (Å²) >= 11 is 1.49. The molecule has 8 heteroatoms. The molecule has 0 aliphatic carbocycles. The second kappa shape index (κ2) is 9.72. The van der Waals surface area contributed by atoms with Gasteiger partial charge in [0.1, 0.15) is 16.6 Å². The molecule has 0 radical (unpaired) electrons. The number of thioether (sulfide) groups is 1. The maximum absolute atomic E-state index is 11.0. The largest absolute Gasteiger partial charge is 0.508 e. The van der Waals surface area contributed by atoms with E-state index in [4.69, 9.17) is 5.73 Å². The third kappa shape index (κ3) is 5.30. The van der Waals surface area contributed by atoms with Crippen LogP contribution in [0.3, 0.4) is 0 Å². The summed E-state index contributed by atoms with van der Waals surface area (Å²) in [6, 6.07) is 6.87. The molecule has 0 unspecified atom stereocenters. The lowest BCUT2D eigenvalue weighted by Crippen LogP contribution is -2.22. The van der Waals surface area contributed by atoms with Crippen molar-refractivity contribution in [1.29, 1.82) is 0 Å². The second-order valence-electron chi connectivity index (χ2n) is 5.66. The summed E-state index contributed by atoms with van der Waals surface area (Å²) in [6.07, 6.45) is 3.41. The van der Waals surface area contributed by atoms with Crippen molar-refractivity contribution in [3.05, 3.63) is 35.4 Å². The Bertz CT molecular complexity index is 863. The Kier molecular flexibility index (Phi) is 7.36. The van der Waals surface area contributed by atoms with Gasteiger partial charge in [0.15, 0.2) is 0 Å². The molecular formula is C19H23N5O2S. The number of aromatic nitrogens is 1. The standard InChI is InChI=1S/C19H23N5O2S/c1-12(25)23-8-9-27-19-16(11-22-3)17(13-4-6-14(26)7-5-13)15(10-21-2)18(20)24-19/h4-7,10-11,26H,8-9H2,1-3H3,(H2,20,24)(H,23,25). The summed E-state index contributed by atoms with van der Waals surface area (Å²) in [5.41, 5.74) is 9.45. The first-order valence-electron chi connectivity index (χ1n) is 8.32. The van der Waals surface area contributed by atoms with Crippen LogP contribution in [0.2, 0.25) is 0 Å². The van der Waals surface area contributed by atoms with Crippen molar-refractivity contribution in [2.24, 2.45) is 9.98 Å². The first-order chi connectivity index (χ1) is 13.0.